The van der Waals surface area contributed by atoms with E-state index in [1.54, 1.807) is 0 Å². The fourth-order valence-electron chi connectivity index (χ4n) is 4.74. The number of amides is 1. The van der Waals surface area contributed by atoms with Crippen LogP contribution in [0, 0.1) is 0 Å². The molecule has 2 aromatic heterocycles. The number of imidazole rings is 1. The van der Waals surface area contributed by atoms with Crippen molar-refractivity contribution >= 4 is 33.7 Å². The predicted molar refractivity (Wildman–Crippen MR) is 137 cm³/mol. The molecule has 4 aromatic rings. The maximum absolute atomic E-state index is 12.6. The van der Waals surface area contributed by atoms with Gasteiger partial charge in [-0.2, -0.15) is 0 Å². The van der Waals surface area contributed by atoms with Crippen LogP contribution < -0.4 is 5.69 Å². The number of benzene rings is 2. The number of carbonyl (C=O) groups is 1. The molecule has 1 aliphatic carbocycles. The van der Waals surface area contributed by atoms with E-state index in [2.05, 4.69) is 20.1 Å². The molecule has 1 fully saturated rings. The Labute approximate surface area is 203 Å². The highest BCUT2D eigenvalue weighted by molar-refractivity contribution is 6.14. The van der Waals surface area contributed by atoms with Gasteiger partial charge in [0.05, 0.1) is 17.5 Å². The highest BCUT2D eigenvalue weighted by atomic mass is 16.6. The Hall–Kier alpha value is -3.94. The number of oxime groups is 1. The van der Waals surface area contributed by atoms with Gasteiger partial charge in [-0.05, 0) is 31.0 Å². The van der Waals surface area contributed by atoms with Crippen molar-refractivity contribution < 1.29 is 9.63 Å². The van der Waals surface area contributed by atoms with E-state index in [9.17, 15) is 9.59 Å². The summed E-state index contributed by atoms with van der Waals surface area (Å²) >= 11 is 0. The molecule has 0 saturated heterocycles. The van der Waals surface area contributed by atoms with Crippen molar-refractivity contribution in [3.05, 3.63) is 76.2 Å². The van der Waals surface area contributed by atoms with Gasteiger partial charge in [-0.3, -0.25) is 9.78 Å². The lowest BCUT2D eigenvalue weighted by Crippen LogP contribution is -2.38. The number of aromatic nitrogens is 3. The minimum Gasteiger partial charge on any atom is -0.395 e. The van der Waals surface area contributed by atoms with Crippen LogP contribution in [0.15, 0.2) is 64.5 Å². The first-order valence-electron chi connectivity index (χ1n) is 12.1. The quantitative estimate of drug-likeness (QED) is 0.237. The van der Waals surface area contributed by atoms with Crippen molar-refractivity contribution in [3.63, 3.8) is 0 Å². The average Bonchev–Trinajstić information content (AvgIpc) is 3.26. The highest BCUT2D eigenvalue weighted by Crippen LogP contribution is 2.23. The Kier molecular flexibility index (Phi) is 6.61. The van der Waals surface area contributed by atoms with Crippen LogP contribution in [-0.2, 0) is 9.63 Å². The summed E-state index contributed by atoms with van der Waals surface area (Å²) in [6.45, 7) is 0.215. The molecule has 8 nitrogen and oxygen atoms in total. The topological polar surface area (TPSA) is 103 Å². The van der Waals surface area contributed by atoms with Crippen LogP contribution in [0.2, 0.25) is 0 Å². The molecule has 8 heteroatoms. The van der Waals surface area contributed by atoms with E-state index in [4.69, 9.17) is 4.84 Å². The smallest absolute Gasteiger partial charge is 0.325 e. The lowest BCUT2D eigenvalue weighted by Gasteiger charge is -2.31. The molecule has 0 spiro atoms. The van der Waals surface area contributed by atoms with Gasteiger partial charge < -0.3 is 14.7 Å². The Morgan fingerprint density at radius 2 is 1.86 bits per heavy atom. The fraction of sp³-hybridized carbons (Fsp3) is 0.333. The third kappa shape index (κ3) is 5.11. The molecular formula is C27H29N5O3. The van der Waals surface area contributed by atoms with Crippen LogP contribution in [0.4, 0.5) is 0 Å². The van der Waals surface area contributed by atoms with E-state index in [-0.39, 0.29) is 18.2 Å². The molecule has 0 bridgehead atoms. The van der Waals surface area contributed by atoms with Crippen LogP contribution in [0.25, 0.3) is 22.1 Å². The minimum atomic E-state index is -0.286. The van der Waals surface area contributed by atoms with Crippen LogP contribution >= 0.6 is 0 Å². The number of hydrogen-bond donors (Lipinski definition) is 2. The summed E-state index contributed by atoms with van der Waals surface area (Å²) < 4.78 is 0. The number of H-pyrrole nitrogens is 2. The minimum absolute atomic E-state index is 0.0923. The van der Waals surface area contributed by atoms with E-state index in [0.29, 0.717) is 29.3 Å². The Morgan fingerprint density at radius 1 is 1.06 bits per heavy atom. The molecule has 1 aliphatic rings. The SMILES string of the molecule is CN(C(=O)CCO/N=C(/c1ccccc1)c1ccc2nc3[nH]c(=O)[nH]c3cc2c1)C1CCCCC1. The third-order valence-corrected chi connectivity index (χ3v) is 6.69. The molecule has 1 saturated carbocycles. The number of nitrogens with one attached hydrogen (secondary N) is 2. The first-order chi connectivity index (χ1) is 17.1. The first kappa shape index (κ1) is 22.8. The van der Waals surface area contributed by atoms with Gasteiger partial charge in [0, 0.05) is 29.6 Å². The van der Waals surface area contributed by atoms with Crippen molar-refractivity contribution in [2.75, 3.05) is 13.7 Å². The number of nitrogens with zero attached hydrogens (tertiary/aromatic N) is 3. The third-order valence-electron chi connectivity index (χ3n) is 6.69. The molecule has 0 unspecified atom stereocenters. The van der Waals surface area contributed by atoms with Crippen molar-refractivity contribution in [1.82, 2.24) is 19.9 Å². The molecule has 2 N–H and O–H groups in total. The largest absolute Gasteiger partial charge is 0.395 e. The number of hydrogen-bond acceptors (Lipinski definition) is 5. The van der Waals surface area contributed by atoms with Gasteiger partial charge in [-0.25, -0.2) is 9.78 Å². The van der Waals surface area contributed by atoms with Crippen molar-refractivity contribution in [2.24, 2.45) is 5.16 Å². The Morgan fingerprint density at radius 3 is 2.66 bits per heavy atom. The molecule has 1 amide bonds. The van der Waals surface area contributed by atoms with E-state index in [0.717, 1.165) is 34.9 Å². The molecule has 180 valence electrons. The first-order valence-corrected chi connectivity index (χ1v) is 12.1. The maximum Gasteiger partial charge on any atom is 0.325 e. The molecule has 2 aromatic carbocycles. The Balaban J connectivity index is 1.35. The van der Waals surface area contributed by atoms with Crippen LogP contribution in [0.1, 0.15) is 49.7 Å². The molecular weight excluding hydrogens is 442 g/mol. The lowest BCUT2D eigenvalue weighted by atomic mass is 9.94. The number of pyridine rings is 1. The molecule has 35 heavy (non-hydrogen) atoms. The number of fused-ring (bicyclic) bond motifs is 2. The molecule has 0 radical (unpaired) electrons. The molecule has 0 aliphatic heterocycles. The van der Waals surface area contributed by atoms with Gasteiger partial charge in [0.1, 0.15) is 12.3 Å². The fourth-order valence-corrected chi connectivity index (χ4v) is 4.74. The molecule has 2 heterocycles. The second-order valence-electron chi connectivity index (χ2n) is 9.06. The molecule has 0 atom stereocenters. The van der Waals surface area contributed by atoms with Crippen molar-refractivity contribution in [3.8, 4) is 0 Å². The number of carbonyl (C=O) groups excluding carboxylic acids is 1. The average molecular weight is 472 g/mol. The van der Waals surface area contributed by atoms with Gasteiger partial charge in [0.15, 0.2) is 5.65 Å². The van der Waals surface area contributed by atoms with Gasteiger partial charge >= 0.3 is 5.69 Å². The summed E-state index contributed by atoms with van der Waals surface area (Å²) in [6, 6.07) is 17.8. The van der Waals surface area contributed by atoms with E-state index >= 15 is 0 Å². The van der Waals surface area contributed by atoms with Crippen LogP contribution in [0.3, 0.4) is 0 Å². The zero-order valence-electron chi connectivity index (χ0n) is 19.8. The van der Waals surface area contributed by atoms with Gasteiger partial charge in [0.25, 0.3) is 0 Å². The summed E-state index contributed by atoms with van der Waals surface area (Å²) in [6.07, 6.45) is 6.10. The second-order valence-corrected chi connectivity index (χ2v) is 9.06. The normalized spacial score (nSPS) is 14.9. The van der Waals surface area contributed by atoms with E-state index < -0.39 is 0 Å². The number of aromatic amines is 2. The standard InChI is InChI=1S/C27H29N5O3/c1-32(21-10-6-3-7-11-21)24(33)14-15-35-31-25(18-8-4-2-5-9-18)19-12-13-22-20(16-19)17-23-26(28-22)30-27(34)29-23/h2,4-5,8-9,12-13,16-17,21H,3,6-7,10-11,14-15H2,1H3,(H2,28,29,30,34)/b31-25-. The summed E-state index contributed by atoms with van der Waals surface area (Å²) in [5.41, 5.74) is 4.08. The van der Waals surface area contributed by atoms with Gasteiger partial charge in [0.2, 0.25) is 5.91 Å². The highest BCUT2D eigenvalue weighted by Gasteiger charge is 2.21. The van der Waals surface area contributed by atoms with Crippen molar-refractivity contribution in [1.29, 1.82) is 0 Å². The zero-order valence-corrected chi connectivity index (χ0v) is 19.8. The summed E-state index contributed by atoms with van der Waals surface area (Å²) in [5, 5.41) is 5.32. The van der Waals surface area contributed by atoms with Crippen molar-refractivity contribution in [2.45, 2.75) is 44.6 Å². The second kappa shape index (κ2) is 10.1. The maximum atomic E-state index is 12.6. The summed E-state index contributed by atoms with van der Waals surface area (Å²) in [5.74, 6) is 0.0923. The van der Waals surface area contributed by atoms with E-state index in [1.165, 1.54) is 19.3 Å². The molecule has 5 rings (SSSR count). The zero-order chi connectivity index (χ0) is 24.2. The van der Waals surface area contributed by atoms with Crippen LogP contribution in [-0.4, -0.2) is 51.2 Å². The predicted octanol–water partition coefficient (Wildman–Crippen LogP) is 4.35. The number of rotatable bonds is 7. The monoisotopic (exact) mass is 471 g/mol. The van der Waals surface area contributed by atoms with Crippen LogP contribution in [0.5, 0.6) is 0 Å². The van der Waals surface area contributed by atoms with Gasteiger partial charge in [-0.1, -0.05) is 60.8 Å². The Bertz CT molecular complexity index is 1420. The summed E-state index contributed by atoms with van der Waals surface area (Å²) in [7, 11) is 1.90. The summed E-state index contributed by atoms with van der Waals surface area (Å²) in [4.78, 5) is 41.8. The van der Waals surface area contributed by atoms with E-state index in [1.807, 2.05) is 66.5 Å². The van der Waals surface area contributed by atoms with Gasteiger partial charge in [-0.15, -0.1) is 0 Å². The lowest BCUT2D eigenvalue weighted by molar-refractivity contribution is -0.133.